The lowest BCUT2D eigenvalue weighted by Gasteiger charge is -2.37. The van der Waals surface area contributed by atoms with E-state index in [2.05, 4.69) is 0 Å². The third kappa shape index (κ3) is 3.91. The highest BCUT2D eigenvalue weighted by Gasteiger charge is 2.44. The van der Waals surface area contributed by atoms with Gasteiger partial charge in [-0.05, 0) is 38.3 Å². The van der Waals surface area contributed by atoms with Crippen LogP contribution in [0.3, 0.4) is 0 Å². The van der Waals surface area contributed by atoms with Gasteiger partial charge in [0.2, 0.25) is 5.60 Å². The average molecular weight is 341 g/mol. The maximum Gasteiger partial charge on any atom is 0.366 e. The number of hydroxylamine groups is 2. The van der Waals surface area contributed by atoms with Crippen LogP contribution in [0.1, 0.15) is 45.2 Å². The van der Waals surface area contributed by atoms with Gasteiger partial charge in [-0.3, -0.25) is 0 Å². The van der Waals surface area contributed by atoms with Crippen molar-refractivity contribution in [2.45, 2.75) is 45.3 Å². The molecule has 0 saturated heterocycles. The van der Waals surface area contributed by atoms with Crippen LogP contribution in [0.2, 0.25) is 0 Å². The van der Waals surface area contributed by atoms with E-state index in [1.54, 1.807) is 53.6 Å². The number of hydrogen-bond donors (Lipinski definition) is 1. The molecule has 0 unspecified atom stereocenters. The van der Waals surface area contributed by atoms with Crippen LogP contribution < -0.4 is 0 Å². The molecular formula is C21H27NO3. The van der Waals surface area contributed by atoms with Crippen molar-refractivity contribution in [3.8, 4) is 0 Å². The van der Waals surface area contributed by atoms with E-state index in [1.807, 2.05) is 39.8 Å². The monoisotopic (exact) mass is 341 g/mol. The predicted molar refractivity (Wildman–Crippen MR) is 98.7 cm³/mol. The third-order valence-corrected chi connectivity index (χ3v) is 4.70. The first kappa shape index (κ1) is 19.2. The van der Waals surface area contributed by atoms with Gasteiger partial charge >= 0.3 is 5.97 Å². The highest BCUT2D eigenvalue weighted by atomic mass is 16.7. The lowest BCUT2D eigenvalue weighted by atomic mass is 9.86. The van der Waals surface area contributed by atoms with Crippen molar-refractivity contribution in [2.75, 3.05) is 6.54 Å². The smallest absolute Gasteiger partial charge is 0.366 e. The van der Waals surface area contributed by atoms with Crippen molar-refractivity contribution in [3.63, 3.8) is 0 Å². The van der Waals surface area contributed by atoms with Crippen LogP contribution in [-0.2, 0) is 15.2 Å². The van der Waals surface area contributed by atoms with Crippen LogP contribution in [0.15, 0.2) is 60.7 Å². The summed E-state index contributed by atoms with van der Waals surface area (Å²) in [6.07, 6.45) is 0.809. The molecule has 0 aliphatic heterocycles. The number of carbonyl (C=O) groups is 1. The molecule has 4 nitrogen and oxygen atoms in total. The van der Waals surface area contributed by atoms with E-state index < -0.39 is 11.6 Å². The summed E-state index contributed by atoms with van der Waals surface area (Å²) in [6, 6.07) is 17.8. The Hall–Kier alpha value is -2.17. The molecule has 0 atom stereocenters. The average Bonchev–Trinajstić information content (AvgIpc) is 2.66. The first-order valence-corrected chi connectivity index (χ1v) is 8.69. The Morgan fingerprint density at radius 2 is 1.40 bits per heavy atom. The minimum atomic E-state index is -1.86. The summed E-state index contributed by atoms with van der Waals surface area (Å²) in [5.74, 6) is -0.701. The Bertz CT molecular complexity index is 643. The van der Waals surface area contributed by atoms with Gasteiger partial charge in [-0.25, -0.2) is 4.79 Å². The number of benzene rings is 2. The van der Waals surface area contributed by atoms with Gasteiger partial charge in [0.25, 0.3) is 0 Å². The number of carbonyl (C=O) groups excluding carboxylic acids is 1. The molecule has 0 aliphatic rings. The molecule has 0 saturated carbocycles. The molecule has 0 spiro atoms. The molecule has 0 bridgehead atoms. The molecule has 4 heteroatoms. The van der Waals surface area contributed by atoms with Crippen LogP contribution in [0.4, 0.5) is 0 Å². The Morgan fingerprint density at radius 1 is 0.960 bits per heavy atom. The zero-order chi connectivity index (χ0) is 18.5. The van der Waals surface area contributed by atoms with E-state index >= 15 is 0 Å². The van der Waals surface area contributed by atoms with Crippen molar-refractivity contribution in [3.05, 3.63) is 71.8 Å². The first-order valence-electron chi connectivity index (χ1n) is 8.69. The van der Waals surface area contributed by atoms with Gasteiger partial charge in [0, 0.05) is 6.54 Å². The minimum Gasteiger partial charge on any atom is -0.370 e. The number of aliphatic hydroxyl groups is 1. The number of rotatable bonds is 7. The lowest BCUT2D eigenvalue weighted by molar-refractivity contribution is -0.231. The van der Waals surface area contributed by atoms with Crippen LogP contribution in [-0.4, -0.2) is 28.2 Å². The second-order valence-corrected chi connectivity index (χ2v) is 6.68. The molecule has 25 heavy (non-hydrogen) atoms. The van der Waals surface area contributed by atoms with Crippen molar-refractivity contribution >= 4 is 5.97 Å². The fourth-order valence-electron chi connectivity index (χ4n) is 2.72. The SMILES string of the molecule is CCN(OC(=O)C(O)(c1ccccc1)c1ccccc1)C(C)(C)CC. The fraction of sp³-hybridized carbons (Fsp3) is 0.381. The first-order chi connectivity index (χ1) is 11.9. The second kappa shape index (κ2) is 7.81. The molecule has 134 valence electrons. The van der Waals surface area contributed by atoms with Crippen molar-refractivity contribution < 1.29 is 14.7 Å². The van der Waals surface area contributed by atoms with Gasteiger partial charge < -0.3 is 9.94 Å². The van der Waals surface area contributed by atoms with Gasteiger partial charge in [0.05, 0.1) is 5.54 Å². The van der Waals surface area contributed by atoms with Gasteiger partial charge in [0.1, 0.15) is 0 Å². The van der Waals surface area contributed by atoms with E-state index in [1.165, 1.54) is 0 Å². The molecule has 0 heterocycles. The highest BCUT2D eigenvalue weighted by molar-refractivity contribution is 5.85. The lowest BCUT2D eigenvalue weighted by Crippen LogP contribution is -2.49. The normalized spacial score (nSPS) is 12.2. The fourth-order valence-corrected chi connectivity index (χ4v) is 2.72. The summed E-state index contributed by atoms with van der Waals surface area (Å²) in [5, 5.41) is 13.0. The summed E-state index contributed by atoms with van der Waals surface area (Å²) in [7, 11) is 0. The molecule has 2 rings (SSSR count). The molecular weight excluding hydrogens is 314 g/mol. The standard InChI is InChI=1S/C21H27NO3/c1-5-20(3,4)22(6-2)25-19(23)21(24,17-13-9-7-10-14-17)18-15-11-8-12-16-18/h7-16,24H,5-6H2,1-4H3. The molecule has 0 amide bonds. The molecule has 0 radical (unpaired) electrons. The molecule has 1 N–H and O–H groups in total. The minimum absolute atomic E-state index is 0.321. The van der Waals surface area contributed by atoms with Crippen LogP contribution in [0.25, 0.3) is 0 Å². The van der Waals surface area contributed by atoms with Gasteiger partial charge in [0.15, 0.2) is 0 Å². The largest absolute Gasteiger partial charge is 0.370 e. The zero-order valence-corrected chi connectivity index (χ0v) is 15.4. The number of hydrogen-bond acceptors (Lipinski definition) is 4. The van der Waals surface area contributed by atoms with Crippen LogP contribution in [0, 0.1) is 0 Å². The molecule has 0 aromatic heterocycles. The zero-order valence-electron chi connectivity index (χ0n) is 15.4. The van der Waals surface area contributed by atoms with Crippen LogP contribution >= 0.6 is 0 Å². The molecule has 2 aromatic rings. The van der Waals surface area contributed by atoms with Crippen molar-refractivity contribution in [1.29, 1.82) is 0 Å². The van der Waals surface area contributed by atoms with E-state index in [0.29, 0.717) is 17.7 Å². The highest BCUT2D eigenvalue weighted by Crippen LogP contribution is 2.32. The Labute approximate surface area is 150 Å². The predicted octanol–water partition coefficient (Wildman–Crippen LogP) is 3.89. The van der Waals surface area contributed by atoms with Crippen molar-refractivity contribution in [2.24, 2.45) is 0 Å². The molecule has 2 aromatic carbocycles. The maximum atomic E-state index is 13.1. The molecule has 0 aliphatic carbocycles. The van der Waals surface area contributed by atoms with E-state index in [9.17, 15) is 9.90 Å². The quantitative estimate of drug-likeness (QED) is 0.776. The van der Waals surface area contributed by atoms with E-state index in [0.717, 1.165) is 6.42 Å². The van der Waals surface area contributed by atoms with Gasteiger partial charge in [-0.2, -0.15) is 0 Å². The Kier molecular flexibility index (Phi) is 5.98. The third-order valence-electron chi connectivity index (χ3n) is 4.70. The Balaban J connectivity index is 2.45. The number of nitrogens with zero attached hydrogens (tertiary/aromatic N) is 1. The van der Waals surface area contributed by atoms with Crippen molar-refractivity contribution in [1.82, 2.24) is 5.06 Å². The summed E-state index contributed by atoms with van der Waals surface area (Å²) >= 11 is 0. The second-order valence-electron chi connectivity index (χ2n) is 6.68. The Morgan fingerprint density at radius 3 is 1.76 bits per heavy atom. The summed E-state index contributed by atoms with van der Waals surface area (Å²) in [6.45, 7) is 8.51. The molecule has 0 fully saturated rings. The van der Waals surface area contributed by atoms with Gasteiger partial charge in [-0.15, -0.1) is 5.06 Å². The summed E-state index contributed by atoms with van der Waals surface area (Å²) in [5.41, 5.74) is -1.22. The van der Waals surface area contributed by atoms with Crippen LogP contribution in [0.5, 0.6) is 0 Å². The summed E-state index contributed by atoms with van der Waals surface area (Å²) < 4.78 is 0. The van der Waals surface area contributed by atoms with E-state index in [4.69, 9.17) is 4.84 Å². The maximum absolute atomic E-state index is 13.1. The van der Waals surface area contributed by atoms with Gasteiger partial charge in [-0.1, -0.05) is 67.6 Å². The summed E-state index contributed by atoms with van der Waals surface area (Å²) in [4.78, 5) is 18.8. The van der Waals surface area contributed by atoms with E-state index in [-0.39, 0.29) is 5.54 Å². The topological polar surface area (TPSA) is 49.8 Å².